The first-order valence-corrected chi connectivity index (χ1v) is 9.83. The maximum Gasteiger partial charge on any atom is 0.578 e. The lowest BCUT2D eigenvalue weighted by Crippen LogP contribution is -2.23. The molecule has 0 aliphatic rings. The normalized spacial score (nSPS) is 12.4. The number of hydrogen-bond acceptors (Lipinski definition) is 5. The summed E-state index contributed by atoms with van der Waals surface area (Å²) in [5, 5.41) is 11.4. The zero-order chi connectivity index (χ0) is 22.1. The molecule has 1 heterocycles. The van der Waals surface area contributed by atoms with Gasteiger partial charge in [-0.15, -0.1) is 13.2 Å². The summed E-state index contributed by atoms with van der Waals surface area (Å²) in [5.74, 6) is 0. The van der Waals surface area contributed by atoms with Crippen LogP contribution >= 0.6 is 12.2 Å². The van der Waals surface area contributed by atoms with E-state index in [1.165, 1.54) is 48.5 Å². The van der Waals surface area contributed by atoms with E-state index in [0.717, 1.165) is 12.1 Å². The second-order valence-corrected chi connectivity index (χ2v) is 7.85. The van der Waals surface area contributed by atoms with Crippen molar-refractivity contribution in [3.05, 3.63) is 75.5 Å². The number of benzene rings is 2. The number of para-hydroxylation sites is 1. The molecule has 0 N–H and O–H groups in total. The van der Waals surface area contributed by atoms with E-state index < -0.39 is 26.5 Å². The third-order valence-electron chi connectivity index (χ3n) is 4.19. The van der Waals surface area contributed by atoms with Crippen LogP contribution in [-0.2, 0) is 11.2 Å². The minimum Gasteiger partial charge on any atom is -0.604 e. The minimum absolute atomic E-state index is 0.153. The van der Waals surface area contributed by atoms with E-state index in [4.69, 9.17) is 17.1 Å². The fourth-order valence-corrected chi connectivity index (χ4v) is 3.79. The number of alkyl halides is 3. The molecule has 0 amide bonds. The van der Waals surface area contributed by atoms with Crippen LogP contribution in [0.25, 0.3) is 22.3 Å². The molecule has 0 spiro atoms. The molecule has 0 aliphatic heterocycles. The fourth-order valence-electron chi connectivity index (χ4n) is 2.81. The molecular formula is C19H13F3N2O4S2. The second kappa shape index (κ2) is 8.46. The van der Waals surface area contributed by atoms with Gasteiger partial charge in [0.1, 0.15) is 7.11 Å². The molecule has 0 bridgehead atoms. The van der Waals surface area contributed by atoms with E-state index >= 15 is 0 Å². The topological polar surface area (TPSA) is 80.4 Å². The molecule has 0 fully saturated rings. The molecule has 30 heavy (non-hydrogen) atoms. The Labute approximate surface area is 176 Å². The zero-order valence-electron chi connectivity index (χ0n) is 15.3. The third-order valence-corrected chi connectivity index (χ3v) is 5.75. The lowest BCUT2D eigenvalue weighted by Gasteiger charge is -2.14. The van der Waals surface area contributed by atoms with Crippen LogP contribution in [0.15, 0.2) is 65.8 Å². The van der Waals surface area contributed by atoms with Crippen LogP contribution in [-0.4, -0.2) is 26.8 Å². The van der Waals surface area contributed by atoms with Crippen LogP contribution in [0, 0.1) is 14.6 Å². The Balaban J connectivity index is 2.15. The van der Waals surface area contributed by atoms with Gasteiger partial charge in [0.15, 0.2) is 4.90 Å². The summed E-state index contributed by atoms with van der Waals surface area (Å²) in [6, 6.07) is 10.9. The van der Waals surface area contributed by atoms with Crippen molar-refractivity contribution in [2.75, 3.05) is 7.11 Å². The molecule has 1 atom stereocenters. The van der Waals surface area contributed by atoms with Gasteiger partial charge in [0.25, 0.3) is 5.69 Å². The highest BCUT2D eigenvalue weighted by Gasteiger charge is 2.45. The van der Waals surface area contributed by atoms with Gasteiger partial charge in [-0.25, -0.2) is 0 Å². The summed E-state index contributed by atoms with van der Waals surface area (Å²) in [7, 11) is 1.38. The molecular weight excluding hydrogens is 441 g/mol. The highest BCUT2D eigenvalue weighted by atomic mass is 32.2. The Bertz CT molecular complexity index is 1150. The van der Waals surface area contributed by atoms with Gasteiger partial charge in [-0.05, 0) is 35.9 Å². The van der Waals surface area contributed by atoms with Crippen molar-refractivity contribution >= 4 is 29.1 Å². The monoisotopic (exact) mass is 454 g/mol. The molecule has 11 heteroatoms. The molecule has 3 rings (SSSR count). The summed E-state index contributed by atoms with van der Waals surface area (Å²) >= 11 is 2.37. The molecule has 156 valence electrons. The van der Waals surface area contributed by atoms with Crippen molar-refractivity contribution in [2.45, 2.75) is 10.4 Å². The predicted octanol–water partition coefficient (Wildman–Crippen LogP) is 5.15. The van der Waals surface area contributed by atoms with Crippen LogP contribution < -0.4 is 4.84 Å². The second-order valence-electron chi connectivity index (χ2n) is 5.97. The number of aromatic nitrogens is 1. The first kappa shape index (κ1) is 21.8. The molecule has 1 aromatic heterocycles. The van der Waals surface area contributed by atoms with E-state index in [1.54, 1.807) is 12.1 Å². The SMILES string of the molecule is COn1cc(-c2ccc([S+]([O-])C(F)(F)F)cc2)c(=S)c(-c2ccccc2[N+](=O)[O-])c1. The van der Waals surface area contributed by atoms with Gasteiger partial charge in [-0.2, -0.15) is 4.73 Å². The number of hydrogen-bond donors (Lipinski definition) is 0. The molecule has 0 saturated heterocycles. The van der Waals surface area contributed by atoms with Crippen molar-refractivity contribution in [1.82, 2.24) is 4.73 Å². The first-order chi connectivity index (χ1) is 14.1. The first-order valence-electron chi connectivity index (χ1n) is 8.27. The number of nitro benzene ring substituents is 1. The summed E-state index contributed by atoms with van der Waals surface area (Å²) < 4.78 is 51.1. The van der Waals surface area contributed by atoms with Gasteiger partial charge in [-0.1, -0.05) is 24.4 Å². The summed E-state index contributed by atoms with van der Waals surface area (Å²) in [5.41, 5.74) is -3.55. The number of nitrogens with zero attached hydrogens (tertiary/aromatic N) is 2. The van der Waals surface area contributed by atoms with E-state index in [9.17, 15) is 27.8 Å². The van der Waals surface area contributed by atoms with Gasteiger partial charge in [0.2, 0.25) is 0 Å². The van der Waals surface area contributed by atoms with E-state index in [1.807, 2.05) is 0 Å². The molecule has 0 aliphatic carbocycles. The van der Waals surface area contributed by atoms with Crippen molar-refractivity contribution in [2.24, 2.45) is 0 Å². The van der Waals surface area contributed by atoms with Gasteiger partial charge < -0.3 is 9.39 Å². The molecule has 6 nitrogen and oxygen atoms in total. The van der Waals surface area contributed by atoms with Crippen LogP contribution in [0.1, 0.15) is 0 Å². The van der Waals surface area contributed by atoms with Crippen molar-refractivity contribution < 1.29 is 27.5 Å². The van der Waals surface area contributed by atoms with Crippen LogP contribution in [0.3, 0.4) is 0 Å². The minimum atomic E-state index is -4.87. The van der Waals surface area contributed by atoms with Crippen molar-refractivity contribution in [3.63, 3.8) is 0 Å². The summed E-state index contributed by atoms with van der Waals surface area (Å²) in [6.45, 7) is 0. The molecule has 0 radical (unpaired) electrons. The fraction of sp³-hybridized carbons (Fsp3) is 0.105. The quantitative estimate of drug-likeness (QED) is 0.231. The highest BCUT2D eigenvalue weighted by molar-refractivity contribution is 7.92. The molecule has 1 unspecified atom stereocenters. The average Bonchev–Trinajstić information content (AvgIpc) is 2.73. The predicted molar refractivity (Wildman–Crippen MR) is 108 cm³/mol. The number of pyridine rings is 1. The standard InChI is InChI=1S/C19H13F3N2O4S2/c1-28-23-10-15(12-6-8-13(9-7-12)30(27)19(20,21)22)18(29)16(11-23)14-4-2-3-5-17(14)24(25)26/h2-11H,1H3. The van der Waals surface area contributed by atoms with E-state index in [0.29, 0.717) is 16.7 Å². The molecule has 3 aromatic rings. The maximum absolute atomic E-state index is 12.7. The molecule has 0 saturated carbocycles. The Hall–Kier alpha value is -2.89. The van der Waals surface area contributed by atoms with Gasteiger partial charge in [-0.3, -0.25) is 10.1 Å². The Morgan fingerprint density at radius 2 is 1.63 bits per heavy atom. The number of nitro groups is 1. The lowest BCUT2D eigenvalue weighted by atomic mass is 10.0. The van der Waals surface area contributed by atoms with E-state index in [-0.39, 0.29) is 15.8 Å². The van der Waals surface area contributed by atoms with Gasteiger partial charge in [0, 0.05) is 17.2 Å². The molecule has 2 aromatic carbocycles. The van der Waals surface area contributed by atoms with Crippen LogP contribution in [0.5, 0.6) is 0 Å². The average molecular weight is 454 g/mol. The zero-order valence-corrected chi connectivity index (χ0v) is 16.9. The lowest BCUT2D eigenvalue weighted by molar-refractivity contribution is -0.384. The van der Waals surface area contributed by atoms with Crippen LogP contribution in [0.4, 0.5) is 18.9 Å². The van der Waals surface area contributed by atoms with Gasteiger partial charge >= 0.3 is 5.51 Å². The third kappa shape index (κ3) is 4.32. The maximum atomic E-state index is 12.7. The van der Waals surface area contributed by atoms with Crippen molar-refractivity contribution in [3.8, 4) is 22.3 Å². The van der Waals surface area contributed by atoms with Crippen molar-refractivity contribution in [1.29, 1.82) is 0 Å². The Kier molecular flexibility index (Phi) is 6.15. The number of rotatable bonds is 5. The Morgan fingerprint density at radius 3 is 2.20 bits per heavy atom. The highest BCUT2D eigenvalue weighted by Crippen LogP contribution is 2.35. The number of halogens is 3. The summed E-state index contributed by atoms with van der Waals surface area (Å²) in [6.07, 6.45) is 3.00. The van der Waals surface area contributed by atoms with Gasteiger partial charge in [0.05, 0.1) is 38.6 Å². The van der Waals surface area contributed by atoms with Crippen LogP contribution in [0.2, 0.25) is 0 Å². The smallest absolute Gasteiger partial charge is 0.578 e. The summed E-state index contributed by atoms with van der Waals surface area (Å²) in [4.78, 5) is 15.7. The Morgan fingerprint density at radius 1 is 1.03 bits per heavy atom. The largest absolute Gasteiger partial charge is 0.604 e. The van der Waals surface area contributed by atoms with E-state index in [2.05, 4.69) is 0 Å².